The quantitative estimate of drug-likeness (QED) is 0.255. The van der Waals surface area contributed by atoms with E-state index in [9.17, 15) is 10.1 Å². The Bertz CT molecular complexity index is 1070. The number of amides is 1. The standard InChI is InChI=1S/C25H21IN2O2/c1-18(21-10-6-3-7-11-21)28-25(29)22(16-27)14-20-12-13-24(23(26)15-20)30-17-19-8-4-2-5-9-19/h2-15,18H,17H2,1H3,(H,28,29)/b22-14-/t18-/m1/s1. The van der Waals surface area contributed by atoms with Crippen molar-refractivity contribution in [2.75, 3.05) is 0 Å². The highest BCUT2D eigenvalue weighted by Crippen LogP contribution is 2.24. The van der Waals surface area contributed by atoms with E-state index in [0.29, 0.717) is 6.61 Å². The van der Waals surface area contributed by atoms with E-state index < -0.39 is 5.91 Å². The monoisotopic (exact) mass is 508 g/mol. The molecule has 0 saturated heterocycles. The van der Waals surface area contributed by atoms with Gasteiger partial charge in [0.05, 0.1) is 9.61 Å². The van der Waals surface area contributed by atoms with Gasteiger partial charge in [-0.25, -0.2) is 0 Å². The summed E-state index contributed by atoms with van der Waals surface area (Å²) in [7, 11) is 0. The van der Waals surface area contributed by atoms with Crippen LogP contribution in [0.15, 0.2) is 84.4 Å². The number of nitriles is 1. The van der Waals surface area contributed by atoms with Crippen LogP contribution in [0.5, 0.6) is 5.75 Å². The van der Waals surface area contributed by atoms with Gasteiger partial charge in [0.25, 0.3) is 5.91 Å². The molecule has 3 rings (SSSR count). The minimum absolute atomic E-state index is 0.0616. The topological polar surface area (TPSA) is 62.1 Å². The van der Waals surface area contributed by atoms with Crippen molar-refractivity contribution >= 4 is 34.6 Å². The van der Waals surface area contributed by atoms with Crippen LogP contribution in [0.3, 0.4) is 0 Å². The van der Waals surface area contributed by atoms with E-state index in [1.807, 2.05) is 91.9 Å². The van der Waals surface area contributed by atoms with Crippen LogP contribution in [0.2, 0.25) is 0 Å². The van der Waals surface area contributed by atoms with Gasteiger partial charge >= 0.3 is 0 Å². The summed E-state index contributed by atoms with van der Waals surface area (Å²) in [5, 5.41) is 12.3. The molecule has 0 aliphatic carbocycles. The summed E-state index contributed by atoms with van der Waals surface area (Å²) in [5.74, 6) is 0.366. The van der Waals surface area contributed by atoms with Gasteiger partial charge in [-0.2, -0.15) is 5.26 Å². The summed E-state index contributed by atoms with van der Waals surface area (Å²) in [6, 6.07) is 27.0. The molecule has 1 atom stereocenters. The number of hydrogen-bond donors (Lipinski definition) is 1. The fourth-order valence-corrected chi connectivity index (χ4v) is 3.57. The molecule has 0 heterocycles. The highest BCUT2D eigenvalue weighted by molar-refractivity contribution is 14.1. The molecule has 5 heteroatoms. The molecule has 4 nitrogen and oxygen atoms in total. The predicted octanol–water partition coefficient (Wildman–Crippen LogP) is 5.65. The van der Waals surface area contributed by atoms with Crippen molar-refractivity contribution in [2.24, 2.45) is 0 Å². The largest absolute Gasteiger partial charge is 0.488 e. The minimum Gasteiger partial charge on any atom is -0.488 e. The molecule has 3 aromatic rings. The first-order chi connectivity index (χ1) is 14.6. The summed E-state index contributed by atoms with van der Waals surface area (Å²) < 4.78 is 6.80. The lowest BCUT2D eigenvalue weighted by Crippen LogP contribution is -2.27. The lowest BCUT2D eigenvalue weighted by molar-refractivity contribution is -0.117. The van der Waals surface area contributed by atoms with Crippen molar-refractivity contribution in [2.45, 2.75) is 19.6 Å². The van der Waals surface area contributed by atoms with E-state index in [4.69, 9.17) is 4.74 Å². The summed E-state index contributed by atoms with van der Waals surface area (Å²) >= 11 is 2.19. The van der Waals surface area contributed by atoms with Crippen molar-refractivity contribution < 1.29 is 9.53 Å². The molecule has 3 aromatic carbocycles. The van der Waals surface area contributed by atoms with Gasteiger partial charge in [0.1, 0.15) is 24.0 Å². The lowest BCUT2D eigenvalue weighted by atomic mass is 10.1. The molecule has 0 aliphatic heterocycles. The third-order valence-corrected chi connectivity index (χ3v) is 5.36. The number of benzene rings is 3. The number of carbonyl (C=O) groups excluding carboxylic acids is 1. The van der Waals surface area contributed by atoms with Gasteiger partial charge in [-0.1, -0.05) is 66.7 Å². The molecule has 150 valence electrons. The molecule has 0 saturated carbocycles. The van der Waals surface area contributed by atoms with Crippen LogP contribution < -0.4 is 10.1 Å². The number of rotatable bonds is 7. The normalized spacial score (nSPS) is 12.0. The van der Waals surface area contributed by atoms with E-state index in [-0.39, 0.29) is 11.6 Å². The highest BCUT2D eigenvalue weighted by Gasteiger charge is 2.14. The van der Waals surface area contributed by atoms with Crippen molar-refractivity contribution in [3.63, 3.8) is 0 Å². The highest BCUT2D eigenvalue weighted by atomic mass is 127. The molecule has 0 bridgehead atoms. The Labute approximate surface area is 190 Å². The Morgan fingerprint density at radius 2 is 1.77 bits per heavy atom. The minimum atomic E-state index is -0.395. The second-order valence-electron chi connectivity index (χ2n) is 6.74. The van der Waals surface area contributed by atoms with Gasteiger partial charge in [-0.15, -0.1) is 0 Å². The molecule has 0 spiro atoms. The van der Waals surface area contributed by atoms with E-state index in [0.717, 1.165) is 26.0 Å². The first kappa shape index (κ1) is 21.6. The smallest absolute Gasteiger partial charge is 0.262 e. The van der Waals surface area contributed by atoms with Gasteiger partial charge in [-0.3, -0.25) is 4.79 Å². The fraction of sp³-hybridized carbons (Fsp3) is 0.120. The van der Waals surface area contributed by atoms with E-state index in [2.05, 4.69) is 27.9 Å². The van der Waals surface area contributed by atoms with Gasteiger partial charge in [0.15, 0.2) is 0 Å². The molecule has 0 unspecified atom stereocenters. The number of halogens is 1. The fourth-order valence-electron chi connectivity index (χ4n) is 2.87. The zero-order valence-electron chi connectivity index (χ0n) is 16.5. The molecule has 0 radical (unpaired) electrons. The molecular weight excluding hydrogens is 487 g/mol. The Kier molecular flexibility index (Phi) is 7.63. The van der Waals surface area contributed by atoms with Crippen molar-refractivity contribution in [3.8, 4) is 11.8 Å². The van der Waals surface area contributed by atoms with Crippen LogP contribution in [0, 0.1) is 14.9 Å². The van der Waals surface area contributed by atoms with Crippen LogP contribution in [-0.4, -0.2) is 5.91 Å². The summed E-state index contributed by atoms with van der Waals surface area (Å²) in [5.41, 5.74) is 2.91. The van der Waals surface area contributed by atoms with Crippen molar-refractivity contribution in [1.29, 1.82) is 5.26 Å². The van der Waals surface area contributed by atoms with Crippen molar-refractivity contribution in [3.05, 3.63) is 105 Å². The second kappa shape index (κ2) is 10.6. The number of nitrogens with zero attached hydrogens (tertiary/aromatic N) is 1. The van der Waals surface area contributed by atoms with Crippen LogP contribution >= 0.6 is 22.6 Å². The van der Waals surface area contributed by atoms with Crippen LogP contribution in [0.1, 0.15) is 29.7 Å². The number of nitrogens with one attached hydrogen (secondary N) is 1. The third-order valence-electron chi connectivity index (χ3n) is 4.52. The number of carbonyl (C=O) groups is 1. The number of hydrogen-bond acceptors (Lipinski definition) is 3. The lowest BCUT2D eigenvalue weighted by Gasteiger charge is -2.14. The average Bonchev–Trinajstić information content (AvgIpc) is 2.78. The molecular formula is C25H21IN2O2. The maximum atomic E-state index is 12.5. The maximum absolute atomic E-state index is 12.5. The zero-order valence-corrected chi connectivity index (χ0v) is 18.7. The van der Waals surface area contributed by atoms with Gasteiger partial charge in [0, 0.05) is 0 Å². The van der Waals surface area contributed by atoms with Gasteiger partial charge in [0.2, 0.25) is 0 Å². The first-order valence-corrected chi connectivity index (χ1v) is 10.6. The first-order valence-electron chi connectivity index (χ1n) is 9.50. The molecule has 0 fully saturated rings. The van der Waals surface area contributed by atoms with E-state index >= 15 is 0 Å². The second-order valence-corrected chi connectivity index (χ2v) is 7.90. The van der Waals surface area contributed by atoms with Gasteiger partial charge < -0.3 is 10.1 Å². The van der Waals surface area contributed by atoms with Crippen LogP contribution in [0.4, 0.5) is 0 Å². The Hall–Kier alpha value is -3.11. The average molecular weight is 508 g/mol. The van der Waals surface area contributed by atoms with Gasteiger partial charge in [-0.05, 0) is 64.4 Å². The molecule has 1 N–H and O–H groups in total. The Balaban J connectivity index is 1.68. The number of ether oxygens (including phenoxy) is 1. The zero-order chi connectivity index (χ0) is 21.3. The predicted molar refractivity (Wildman–Crippen MR) is 127 cm³/mol. The maximum Gasteiger partial charge on any atom is 0.262 e. The van der Waals surface area contributed by atoms with Crippen LogP contribution in [-0.2, 0) is 11.4 Å². The van der Waals surface area contributed by atoms with E-state index in [1.165, 1.54) is 0 Å². The van der Waals surface area contributed by atoms with Crippen molar-refractivity contribution in [1.82, 2.24) is 5.32 Å². The molecule has 30 heavy (non-hydrogen) atoms. The summed E-state index contributed by atoms with van der Waals surface area (Å²) in [6.45, 7) is 2.37. The van der Waals surface area contributed by atoms with E-state index in [1.54, 1.807) is 6.08 Å². The molecule has 0 aromatic heterocycles. The summed E-state index contributed by atoms with van der Waals surface area (Å²) in [4.78, 5) is 12.5. The Morgan fingerprint density at radius 1 is 1.10 bits per heavy atom. The third kappa shape index (κ3) is 5.94. The molecule has 0 aliphatic rings. The summed E-state index contributed by atoms with van der Waals surface area (Å²) in [6.07, 6.45) is 1.59. The SMILES string of the molecule is C[C@@H](NC(=O)/C(C#N)=C\c1ccc(OCc2ccccc2)c(I)c1)c1ccccc1. The Morgan fingerprint density at radius 3 is 2.40 bits per heavy atom. The van der Waals surface area contributed by atoms with Crippen LogP contribution in [0.25, 0.3) is 6.08 Å². The molecule has 1 amide bonds.